The molecule has 0 bridgehead atoms. The molecule has 2 heterocycles. The smallest absolute Gasteiger partial charge is 0.731 e. The second-order valence-electron chi connectivity index (χ2n) is 3.98. The van der Waals surface area contributed by atoms with Gasteiger partial charge in [-0.25, -0.2) is 12.7 Å². The number of carbonyl (C=O) groups is 2. The van der Waals surface area contributed by atoms with Gasteiger partial charge in [-0.2, -0.15) is 0 Å². The van der Waals surface area contributed by atoms with Crippen molar-refractivity contribution in [2.75, 3.05) is 6.54 Å². The molecule has 21 heavy (non-hydrogen) atoms. The molecule has 0 aliphatic carbocycles. The first-order valence-electron chi connectivity index (χ1n) is 5.35. The van der Waals surface area contributed by atoms with Crippen LogP contribution in [0.3, 0.4) is 0 Å². The van der Waals surface area contributed by atoms with Gasteiger partial charge < -0.3 is 9.87 Å². The van der Waals surface area contributed by atoms with Crippen molar-refractivity contribution in [1.29, 1.82) is 0 Å². The van der Waals surface area contributed by atoms with Crippen LogP contribution in [0, 0.1) is 0 Å². The fourth-order valence-electron chi connectivity index (χ4n) is 1.70. The maximum atomic E-state index is 11.7. The number of β-lactam (4-membered cyclic amide) rings is 1. The van der Waals surface area contributed by atoms with E-state index in [4.69, 9.17) is 5.21 Å². The monoisotopic (exact) mass is 343 g/mol. The number of allylic oxidation sites excluding steroid dienone is 2. The summed E-state index contributed by atoms with van der Waals surface area (Å²) in [6, 6.07) is -1.01. The van der Waals surface area contributed by atoms with Crippen LogP contribution in [0.4, 0.5) is 0 Å². The summed E-state index contributed by atoms with van der Waals surface area (Å²) in [5, 5.41) is 12.6. The third kappa shape index (κ3) is 4.22. The largest absolute Gasteiger partial charge is 1.00 e. The van der Waals surface area contributed by atoms with E-state index in [0.29, 0.717) is 4.91 Å². The summed E-state index contributed by atoms with van der Waals surface area (Å²) >= 11 is 0. The zero-order chi connectivity index (χ0) is 14.9. The quantitative estimate of drug-likeness (QED) is 0.229. The van der Waals surface area contributed by atoms with Crippen LogP contribution in [0.15, 0.2) is 27.0 Å². The Balaban J connectivity index is 0.00000220. The minimum Gasteiger partial charge on any atom is -0.731 e. The minimum atomic E-state index is -4.80. The van der Waals surface area contributed by atoms with Gasteiger partial charge in [-0.1, -0.05) is 12.2 Å². The van der Waals surface area contributed by atoms with E-state index >= 15 is 0 Å². The summed E-state index contributed by atoms with van der Waals surface area (Å²) in [4.78, 5) is 23.6. The van der Waals surface area contributed by atoms with Crippen LogP contribution < -0.4 is 34.9 Å². The Labute approximate surface area is 145 Å². The summed E-state index contributed by atoms with van der Waals surface area (Å²) < 4.78 is 35.0. The average molecular weight is 343 g/mol. The first kappa shape index (κ1) is 18.5. The van der Waals surface area contributed by atoms with E-state index < -0.39 is 38.9 Å². The van der Waals surface area contributed by atoms with Crippen LogP contribution in [0.2, 0.25) is 0 Å². The summed E-state index contributed by atoms with van der Waals surface area (Å²) in [7, 11) is -5.67. The molecule has 0 aromatic heterocycles. The van der Waals surface area contributed by atoms with Crippen molar-refractivity contribution >= 4 is 32.8 Å². The molecule has 2 unspecified atom stereocenters. The summed E-state index contributed by atoms with van der Waals surface area (Å²) in [5.41, 5.74) is 0. The summed E-state index contributed by atoms with van der Waals surface area (Å²) in [6.45, 7) is -0.357. The molecule has 0 radical (unpaired) electrons. The fraction of sp³-hybridized carbons (Fsp3) is 0.333. The van der Waals surface area contributed by atoms with Crippen molar-refractivity contribution in [2.24, 2.45) is 4.53 Å². The van der Waals surface area contributed by atoms with E-state index in [1.165, 1.54) is 0 Å². The van der Waals surface area contributed by atoms with Gasteiger partial charge in [0, 0.05) is 4.91 Å². The number of hydrogen-bond acceptors (Lipinski definition) is 6. The van der Waals surface area contributed by atoms with Crippen molar-refractivity contribution in [3.05, 3.63) is 22.5 Å². The second kappa shape index (κ2) is 7.13. The third-order valence-electron chi connectivity index (χ3n) is 2.68. The Hall–Kier alpha value is -0.560. The topological polar surface area (TPSA) is 139 Å². The molecule has 0 aromatic carbocycles. The second-order valence-corrected chi connectivity index (χ2v) is 6.87. The van der Waals surface area contributed by atoms with Crippen LogP contribution in [-0.2, 0) is 30.6 Å². The molecule has 1 fully saturated rings. The molecule has 110 valence electrons. The molecule has 2 N–H and O–H groups in total. The summed E-state index contributed by atoms with van der Waals surface area (Å²) in [6.07, 6.45) is 3.19. The number of hydrogen-bond donors (Lipinski definition) is 2. The molecular weight excluding hydrogens is 333 g/mol. The maximum Gasteiger partial charge on any atom is 1.00 e. The molecule has 0 saturated carbocycles. The van der Waals surface area contributed by atoms with Crippen LogP contribution >= 0.6 is 0 Å². The number of nitrogens with one attached hydrogen (secondary N) is 1. The Morgan fingerprint density at radius 2 is 2.29 bits per heavy atom. The molecule has 9 nitrogen and oxygen atoms in total. The Bertz CT molecular complexity index is 656. The zero-order valence-electron chi connectivity index (χ0n) is 10.9. The minimum absolute atomic E-state index is 0. The van der Waals surface area contributed by atoms with Crippen molar-refractivity contribution in [1.82, 2.24) is 9.62 Å². The third-order valence-corrected chi connectivity index (χ3v) is 4.96. The van der Waals surface area contributed by atoms with Gasteiger partial charge in [0.25, 0.3) is 5.91 Å². The summed E-state index contributed by atoms with van der Waals surface area (Å²) in [5.74, 6) is -1.46. The van der Waals surface area contributed by atoms with Crippen LogP contribution in [0.5, 0.6) is 0 Å². The predicted molar refractivity (Wildman–Crippen MR) is 66.8 cm³/mol. The molecule has 0 aromatic rings. The SMILES string of the molecule is O=C(CC1=CC=C/S1=N\O)NC1CN(S(=O)(=O)[O-])C1=O.[Na+]. The normalized spacial score (nSPS) is 24.4. The Kier molecular flexibility index (Phi) is 6.28. The van der Waals surface area contributed by atoms with Gasteiger partial charge in [0.1, 0.15) is 6.04 Å². The maximum absolute atomic E-state index is 11.7. The van der Waals surface area contributed by atoms with Crippen LogP contribution in [0.25, 0.3) is 0 Å². The number of rotatable bonds is 4. The van der Waals surface area contributed by atoms with Gasteiger partial charge in [-0.05, 0) is 16.1 Å². The molecular formula is C9H10N3NaO6S2. The van der Waals surface area contributed by atoms with E-state index in [1.807, 2.05) is 0 Å². The van der Waals surface area contributed by atoms with E-state index in [2.05, 4.69) is 9.84 Å². The Morgan fingerprint density at radius 1 is 1.62 bits per heavy atom. The van der Waals surface area contributed by atoms with Gasteiger partial charge in [0.2, 0.25) is 5.91 Å². The number of carbonyl (C=O) groups excluding carboxylic acids is 2. The predicted octanol–water partition coefficient (Wildman–Crippen LogP) is -4.23. The zero-order valence-corrected chi connectivity index (χ0v) is 14.6. The van der Waals surface area contributed by atoms with Crippen molar-refractivity contribution < 1.29 is 57.3 Å². The van der Waals surface area contributed by atoms with E-state index in [0.717, 1.165) is 0 Å². The van der Waals surface area contributed by atoms with Crippen molar-refractivity contribution in [2.45, 2.75) is 12.5 Å². The van der Waals surface area contributed by atoms with Gasteiger partial charge in [0.05, 0.1) is 13.0 Å². The molecule has 12 heteroatoms. The standard InChI is InChI=1S/C9H11N3O6S2.Na/c13-8(4-6-2-1-3-19(6)11-15)10-7-5-12(9(7)14)20(16,17)18;/h1-3,7,15H,4-5H2,(H,10,13)(H,16,17,18);/q;+1/p-1. The molecule has 2 aliphatic heterocycles. The molecule has 2 amide bonds. The molecule has 2 aliphatic rings. The number of nitrogens with zero attached hydrogens (tertiary/aromatic N) is 2. The first-order valence-corrected chi connectivity index (χ1v) is 7.96. The molecule has 2 atom stereocenters. The van der Waals surface area contributed by atoms with Crippen molar-refractivity contribution in [3.8, 4) is 0 Å². The van der Waals surface area contributed by atoms with E-state index in [-0.39, 0.29) is 46.8 Å². The van der Waals surface area contributed by atoms with Crippen LogP contribution in [0.1, 0.15) is 6.42 Å². The first-order chi connectivity index (χ1) is 9.32. The van der Waals surface area contributed by atoms with Gasteiger partial charge in [-0.3, -0.25) is 14.8 Å². The fourth-order valence-corrected chi connectivity index (χ4v) is 3.44. The number of amides is 2. The van der Waals surface area contributed by atoms with Gasteiger partial charge >= 0.3 is 29.6 Å². The van der Waals surface area contributed by atoms with Gasteiger partial charge in [0.15, 0.2) is 10.3 Å². The van der Waals surface area contributed by atoms with Crippen LogP contribution in [-0.4, -0.2) is 46.9 Å². The molecule has 1 saturated heterocycles. The average Bonchev–Trinajstić information content (AvgIpc) is 2.79. The van der Waals surface area contributed by atoms with E-state index in [9.17, 15) is 22.6 Å². The Morgan fingerprint density at radius 3 is 2.81 bits per heavy atom. The molecule has 0 spiro atoms. The van der Waals surface area contributed by atoms with Crippen molar-refractivity contribution in [3.63, 3.8) is 0 Å². The van der Waals surface area contributed by atoms with E-state index in [1.54, 1.807) is 17.6 Å². The molecule has 2 rings (SSSR count). The van der Waals surface area contributed by atoms with Gasteiger partial charge in [-0.15, -0.1) is 4.53 Å².